The van der Waals surface area contributed by atoms with E-state index in [4.69, 9.17) is 14.7 Å². The van der Waals surface area contributed by atoms with Crippen molar-refractivity contribution in [2.24, 2.45) is 0 Å². The summed E-state index contributed by atoms with van der Waals surface area (Å²) in [7, 11) is 0. The minimum absolute atomic E-state index is 0. The summed E-state index contributed by atoms with van der Waals surface area (Å²) in [6, 6.07) is 51.9. The van der Waals surface area contributed by atoms with Crippen LogP contribution in [-0.4, -0.2) is 30.9 Å². The van der Waals surface area contributed by atoms with Crippen molar-refractivity contribution in [1.29, 1.82) is 0 Å². The number of fused-ring (bicyclic) bond motifs is 3. The monoisotopic (exact) mass is 1040 g/mol. The van der Waals surface area contributed by atoms with Crippen LogP contribution < -0.4 is 26.7 Å². The number of anilines is 7. The quantitative estimate of drug-likeness (QED) is 0.122. The maximum atomic E-state index is 6.60. The van der Waals surface area contributed by atoms with Crippen LogP contribution in [0.25, 0.3) is 11.1 Å². The minimum Gasteiger partial charge on any atom is -0.0371 e. The van der Waals surface area contributed by atoms with E-state index in [-0.39, 0.29) is 31.9 Å². The fourth-order valence-corrected chi connectivity index (χ4v) is 10.00. The molecular formula is C49H42N5OPtTe-3. The Hall–Kier alpha value is -4.92. The van der Waals surface area contributed by atoms with E-state index in [0.29, 0.717) is 11.5 Å². The van der Waals surface area contributed by atoms with Gasteiger partial charge in [-0.15, -0.1) is 0 Å². The van der Waals surface area contributed by atoms with Gasteiger partial charge >= 0.3 is 245 Å². The first-order valence-electron chi connectivity index (χ1n) is 18.9. The van der Waals surface area contributed by atoms with Crippen LogP contribution in [0.15, 0.2) is 140 Å². The zero-order chi connectivity index (χ0) is 38.6. The second-order valence-electron chi connectivity index (χ2n) is 16.2. The van der Waals surface area contributed by atoms with Gasteiger partial charge in [0.1, 0.15) is 0 Å². The first-order valence-corrected chi connectivity index (χ1v) is 21.2. The van der Waals surface area contributed by atoms with Crippen molar-refractivity contribution in [2.75, 3.05) is 14.7 Å². The molecule has 57 heavy (non-hydrogen) atoms. The molecule has 9 rings (SSSR count). The molecule has 0 saturated heterocycles. The van der Waals surface area contributed by atoms with Crippen LogP contribution >= 0.6 is 0 Å². The standard InChI is InChI=1S/C49H42N5OTe.Pt/c1-48(2,3)35-23-25-50-46(29-35)54-41-18-10-11-20-44(41)56-45-22-21-40(31-43(45)54)55-39-17-12-16-37(30-39)52-32-53(47-42(52)19-13-24-51-47)38-27-34(33-14-8-7-9-15-33)26-36(28-38)49(4,5)6;/h7-29,32H,1-6H3;/q-3;. The normalized spacial score (nSPS) is 13.4. The predicted octanol–water partition coefficient (Wildman–Crippen LogP) is 11.0. The maximum Gasteiger partial charge on any atom is 0 e. The summed E-state index contributed by atoms with van der Waals surface area (Å²) >= 11 is -0.642. The van der Waals surface area contributed by atoms with Crippen LogP contribution in [0.2, 0.25) is 0 Å². The van der Waals surface area contributed by atoms with Crippen molar-refractivity contribution in [3.63, 3.8) is 0 Å². The Morgan fingerprint density at radius 3 is 2.16 bits per heavy atom. The summed E-state index contributed by atoms with van der Waals surface area (Å²) in [5.41, 5.74) is 9.79. The topological polar surface area (TPSA) is 44.7 Å². The van der Waals surface area contributed by atoms with Gasteiger partial charge in [0, 0.05) is 27.3 Å². The van der Waals surface area contributed by atoms with E-state index in [0.717, 1.165) is 40.1 Å². The molecule has 0 unspecified atom stereocenters. The molecule has 2 aliphatic rings. The molecule has 288 valence electrons. The molecule has 0 N–H and O–H groups in total. The molecule has 0 amide bonds. The van der Waals surface area contributed by atoms with Gasteiger partial charge in [0.25, 0.3) is 0 Å². The van der Waals surface area contributed by atoms with Gasteiger partial charge in [0.15, 0.2) is 0 Å². The van der Waals surface area contributed by atoms with Crippen molar-refractivity contribution in [3.05, 3.63) is 170 Å². The molecule has 0 bridgehead atoms. The van der Waals surface area contributed by atoms with E-state index < -0.39 is 20.9 Å². The molecule has 0 radical (unpaired) electrons. The molecule has 5 aromatic carbocycles. The van der Waals surface area contributed by atoms with Crippen molar-refractivity contribution in [3.8, 4) is 22.6 Å². The van der Waals surface area contributed by atoms with Gasteiger partial charge < -0.3 is 0 Å². The van der Waals surface area contributed by atoms with Gasteiger partial charge in [-0.2, -0.15) is 0 Å². The van der Waals surface area contributed by atoms with Gasteiger partial charge in [-0.05, 0) is 34.2 Å². The summed E-state index contributed by atoms with van der Waals surface area (Å²) in [6.07, 6.45) is 3.77. The molecule has 0 spiro atoms. The molecule has 6 nitrogen and oxygen atoms in total. The van der Waals surface area contributed by atoms with E-state index >= 15 is 0 Å². The maximum absolute atomic E-state index is 6.60. The third-order valence-corrected chi connectivity index (χ3v) is 13.3. The number of hydrogen-bond acceptors (Lipinski definition) is 6. The summed E-state index contributed by atoms with van der Waals surface area (Å²) in [5, 5.41) is 0. The zero-order valence-corrected chi connectivity index (χ0v) is 37.3. The first kappa shape index (κ1) is 38.9. The van der Waals surface area contributed by atoms with Crippen molar-refractivity contribution in [2.45, 2.75) is 52.4 Å². The number of nitrogens with zero attached hydrogens (tertiary/aromatic N) is 5. The van der Waals surface area contributed by atoms with Crippen LogP contribution in [0, 0.1) is 18.8 Å². The Morgan fingerprint density at radius 2 is 1.35 bits per heavy atom. The second-order valence-corrected chi connectivity index (χ2v) is 19.3. The van der Waals surface area contributed by atoms with Crippen LogP contribution in [-0.2, 0) is 31.9 Å². The van der Waals surface area contributed by atoms with E-state index in [1.165, 1.54) is 29.5 Å². The summed E-state index contributed by atoms with van der Waals surface area (Å²) in [6.45, 7) is 15.6. The summed E-state index contributed by atoms with van der Waals surface area (Å²) in [4.78, 5) is 16.3. The third kappa shape index (κ3) is 7.74. The second kappa shape index (κ2) is 15.4. The Morgan fingerprint density at radius 1 is 0.596 bits per heavy atom. The SMILES string of the molecule is CC(C)(C)c1cc(-c2ccccc2)cc(N2[CH-]N(c3[c-]c(Oc4[c-]c5c(cc4)[Te]c4ccccc4N5c4cc(C(C)(C)C)ccn4)ccc3)c3cccnc32)c1.[Pt]. The largest absolute Gasteiger partial charge is 0.0371 e. The predicted molar refractivity (Wildman–Crippen MR) is 230 cm³/mol. The molecule has 8 heteroatoms. The zero-order valence-electron chi connectivity index (χ0n) is 32.7. The van der Waals surface area contributed by atoms with Crippen LogP contribution in [0.5, 0.6) is 11.5 Å². The fourth-order valence-electron chi connectivity index (χ4n) is 7.08. The van der Waals surface area contributed by atoms with Crippen LogP contribution in [0.3, 0.4) is 0 Å². The Bertz CT molecular complexity index is 2580. The van der Waals surface area contributed by atoms with Crippen molar-refractivity contribution < 1.29 is 25.8 Å². The molecule has 0 saturated carbocycles. The Labute approximate surface area is 360 Å². The molecule has 7 aromatic rings. The third-order valence-electron chi connectivity index (χ3n) is 10.1. The van der Waals surface area contributed by atoms with Gasteiger partial charge in [-0.3, -0.25) is 0 Å². The number of para-hydroxylation sites is 1. The molecule has 0 aliphatic carbocycles. The van der Waals surface area contributed by atoms with E-state index in [2.05, 4.69) is 178 Å². The summed E-state index contributed by atoms with van der Waals surface area (Å²) < 4.78 is 9.27. The van der Waals surface area contributed by atoms with E-state index in [9.17, 15) is 0 Å². The van der Waals surface area contributed by atoms with E-state index in [1.807, 2.05) is 36.7 Å². The van der Waals surface area contributed by atoms with E-state index in [1.54, 1.807) is 0 Å². The molecule has 2 aromatic heterocycles. The summed E-state index contributed by atoms with van der Waals surface area (Å²) in [5.74, 6) is 2.96. The average molecular weight is 1040 g/mol. The average Bonchev–Trinajstić information content (AvgIpc) is 3.60. The smallest absolute Gasteiger partial charge is 0 e. The van der Waals surface area contributed by atoms with Gasteiger partial charge in [0.2, 0.25) is 0 Å². The number of pyridine rings is 2. The van der Waals surface area contributed by atoms with Gasteiger partial charge in [-0.1, -0.05) is 57.2 Å². The Kier molecular flexibility index (Phi) is 10.5. The minimum atomic E-state index is -0.642. The molecule has 0 fully saturated rings. The number of hydrogen-bond donors (Lipinski definition) is 0. The fraction of sp³-hybridized carbons (Fsp3) is 0.163. The number of aromatic nitrogens is 2. The van der Waals surface area contributed by atoms with Crippen molar-refractivity contribution in [1.82, 2.24) is 9.97 Å². The van der Waals surface area contributed by atoms with Gasteiger partial charge in [-0.25, -0.2) is 0 Å². The molecule has 0 atom stereocenters. The first-order chi connectivity index (χ1) is 27.0. The van der Waals surface area contributed by atoms with Crippen LogP contribution in [0.4, 0.5) is 40.1 Å². The molecule has 2 aliphatic heterocycles. The number of rotatable bonds is 6. The van der Waals surface area contributed by atoms with Crippen LogP contribution in [0.1, 0.15) is 52.7 Å². The molecule has 4 heterocycles. The molecular weight excluding hydrogens is 997 g/mol. The number of benzene rings is 5. The van der Waals surface area contributed by atoms with Crippen molar-refractivity contribution >= 4 is 68.2 Å². The number of ether oxygens (including phenoxy) is 1. The Balaban J connectivity index is 0.00000455. The van der Waals surface area contributed by atoms with Gasteiger partial charge in [0.05, 0.1) is 0 Å².